The van der Waals surface area contributed by atoms with Crippen LogP contribution in [-0.2, 0) is 0 Å². The lowest BCUT2D eigenvalue weighted by Crippen LogP contribution is -2.52. The summed E-state index contributed by atoms with van der Waals surface area (Å²) in [6.45, 7) is 5.71. The second kappa shape index (κ2) is 4.77. The van der Waals surface area contributed by atoms with Gasteiger partial charge in [0.25, 0.3) is 0 Å². The van der Waals surface area contributed by atoms with Gasteiger partial charge in [-0.3, -0.25) is 9.80 Å². The van der Waals surface area contributed by atoms with Gasteiger partial charge in [0.2, 0.25) is 0 Å². The van der Waals surface area contributed by atoms with Gasteiger partial charge in [0.05, 0.1) is 13.3 Å². The van der Waals surface area contributed by atoms with Crippen molar-refractivity contribution in [2.24, 2.45) is 0 Å². The standard InChI is InChI=1S/C5H12N2.2CH4/c1-3-7-4-6(2)5-7;;/h3-5H2,1-2H3;2*1H4. The Balaban J connectivity index is 0. The third-order valence-electron chi connectivity index (χ3n) is 1.33. The lowest BCUT2D eigenvalue weighted by Gasteiger charge is -2.39. The van der Waals surface area contributed by atoms with Crippen LogP contribution in [0.25, 0.3) is 0 Å². The van der Waals surface area contributed by atoms with E-state index in [1.54, 1.807) is 0 Å². The van der Waals surface area contributed by atoms with Crippen molar-refractivity contribution in [2.45, 2.75) is 21.8 Å². The Labute approximate surface area is 59.5 Å². The first-order valence-corrected chi connectivity index (χ1v) is 2.74. The van der Waals surface area contributed by atoms with Crippen LogP contribution >= 0.6 is 0 Å². The Bertz CT molecular complexity index is 57.9. The zero-order chi connectivity index (χ0) is 5.28. The van der Waals surface area contributed by atoms with Gasteiger partial charge in [0.15, 0.2) is 0 Å². The normalized spacial score (nSPS) is 19.3. The van der Waals surface area contributed by atoms with Gasteiger partial charge >= 0.3 is 0 Å². The summed E-state index contributed by atoms with van der Waals surface area (Å²) < 4.78 is 0. The molecule has 0 aromatic heterocycles. The predicted molar refractivity (Wildman–Crippen MR) is 43.3 cm³/mol. The maximum absolute atomic E-state index is 2.38. The molecule has 0 radical (unpaired) electrons. The van der Waals surface area contributed by atoms with E-state index in [2.05, 4.69) is 23.8 Å². The van der Waals surface area contributed by atoms with Gasteiger partial charge in [-0.15, -0.1) is 0 Å². The minimum Gasteiger partial charge on any atom is -0.280 e. The van der Waals surface area contributed by atoms with Crippen molar-refractivity contribution >= 4 is 0 Å². The molecule has 9 heavy (non-hydrogen) atoms. The molecule has 1 saturated heterocycles. The number of nitrogens with zero attached hydrogens (tertiary/aromatic N) is 2. The van der Waals surface area contributed by atoms with Crippen molar-refractivity contribution in [3.63, 3.8) is 0 Å². The van der Waals surface area contributed by atoms with Gasteiger partial charge < -0.3 is 0 Å². The van der Waals surface area contributed by atoms with E-state index in [4.69, 9.17) is 0 Å². The van der Waals surface area contributed by atoms with Crippen LogP contribution in [-0.4, -0.2) is 36.7 Å². The largest absolute Gasteiger partial charge is 0.280 e. The fraction of sp³-hybridized carbons (Fsp3) is 1.00. The van der Waals surface area contributed by atoms with Crippen molar-refractivity contribution < 1.29 is 0 Å². The minimum absolute atomic E-state index is 0. The highest BCUT2D eigenvalue weighted by Gasteiger charge is 2.16. The molecule has 2 heteroatoms. The van der Waals surface area contributed by atoms with Gasteiger partial charge in [-0.2, -0.15) is 0 Å². The second-order valence-electron chi connectivity index (χ2n) is 2.13. The molecule has 1 rings (SSSR count). The third kappa shape index (κ3) is 2.82. The molecule has 1 fully saturated rings. The van der Waals surface area contributed by atoms with Crippen molar-refractivity contribution in [2.75, 3.05) is 26.9 Å². The van der Waals surface area contributed by atoms with Crippen molar-refractivity contribution in [3.8, 4) is 0 Å². The van der Waals surface area contributed by atoms with E-state index in [-0.39, 0.29) is 14.9 Å². The number of hydrogen-bond acceptors (Lipinski definition) is 2. The van der Waals surface area contributed by atoms with Crippen molar-refractivity contribution in [1.29, 1.82) is 0 Å². The Hall–Kier alpha value is -0.0800. The van der Waals surface area contributed by atoms with Gasteiger partial charge in [-0.1, -0.05) is 21.8 Å². The smallest absolute Gasteiger partial charge is 0.0526 e. The summed E-state index contributed by atoms with van der Waals surface area (Å²) in [7, 11) is 2.13. The summed E-state index contributed by atoms with van der Waals surface area (Å²) >= 11 is 0. The highest BCUT2D eigenvalue weighted by molar-refractivity contribution is 4.62. The molecular formula is C7H20N2. The Kier molecular flexibility index (Phi) is 6.19. The second-order valence-corrected chi connectivity index (χ2v) is 2.13. The predicted octanol–water partition coefficient (Wildman–Crippen LogP) is 1.44. The molecular weight excluding hydrogens is 112 g/mol. The van der Waals surface area contributed by atoms with Crippen LogP contribution in [0.5, 0.6) is 0 Å². The lowest BCUT2D eigenvalue weighted by molar-refractivity contribution is -0.00390. The zero-order valence-corrected chi connectivity index (χ0v) is 5.02. The van der Waals surface area contributed by atoms with E-state index < -0.39 is 0 Å². The Morgan fingerprint density at radius 1 is 1.22 bits per heavy atom. The van der Waals surface area contributed by atoms with Crippen LogP contribution < -0.4 is 0 Å². The third-order valence-corrected chi connectivity index (χ3v) is 1.33. The average Bonchev–Trinajstić information content (AvgIpc) is 1.58. The fourth-order valence-electron chi connectivity index (χ4n) is 0.841. The molecule has 0 saturated carbocycles. The molecule has 0 aromatic carbocycles. The lowest BCUT2D eigenvalue weighted by atomic mass is 10.5. The number of hydrogen-bond donors (Lipinski definition) is 0. The molecule has 0 N–H and O–H groups in total. The van der Waals surface area contributed by atoms with Gasteiger partial charge in [-0.05, 0) is 13.6 Å². The molecule has 0 spiro atoms. The van der Waals surface area contributed by atoms with Gasteiger partial charge in [0, 0.05) is 0 Å². The van der Waals surface area contributed by atoms with E-state index in [1.165, 1.54) is 6.54 Å². The van der Waals surface area contributed by atoms with Gasteiger partial charge in [-0.25, -0.2) is 0 Å². The molecule has 0 aliphatic carbocycles. The molecule has 0 unspecified atom stereocenters. The Morgan fingerprint density at radius 2 is 1.67 bits per heavy atom. The van der Waals surface area contributed by atoms with E-state index in [0.717, 1.165) is 13.3 Å². The van der Waals surface area contributed by atoms with E-state index in [0.29, 0.717) is 0 Å². The molecule has 0 amide bonds. The SMILES string of the molecule is C.C.CCN1CN(C)C1. The highest BCUT2D eigenvalue weighted by atomic mass is 15.5. The van der Waals surface area contributed by atoms with E-state index in [1.807, 2.05) is 0 Å². The molecule has 2 nitrogen and oxygen atoms in total. The summed E-state index contributed by atoms with van der Waals surface area (Å²) in [5.74, 6) is 0. The summed E-state index contributed by atoms with van der Waals surface area (Å²) in [4.78, 5) is 4.66. The fourth-order valence-corrected chi connectivity index (χ4v) is 0.841. The molecule has 1 aliphatic rings. The van der Waals surface area contributed by atoms with Crippen LogP contribution in [0.1, 0.15) is 21.8 Å². The topological polar surface area (TPSA) is 6.48 Å². The summed E-state index contributed by atoms with van der Waals surface area (Å²) in [6, 6.07) is 0. The highest BCUT2D eigenvalue weighted by Crippen LogP contribution is 2.02. The average molecular weight is 132 g/mol. The molecule has 1 heterocycles. The monoisotopic (exact) mass is 132 g/mol. The maximum atomic E-state index is 2.38. The molecule has 0 bridgehead atoms. The summed E-state index contributed by atoms with van der Waals surface area (Å²) in [5.41, 5.74) is 0. The molecule has 58 valence electrons. The van der Waals surface area contributed by atoms with Crippen LogP contribution in [0.4, 0.5) is 0 Å². The minimum atomic E-state index is 0. The molecule has 0 aromatic rings. The van der Waals surface area contributed by atoms with Crippen molar-refractivity contribution in [3.05, 3.63) is 0 Å². The van der Waals surface area contributed by atoms with Crippen LogP contribution in [0, 0.1) is 0 Å². The summed E-state index contributed by atoms with van der Waals surface area (Å²) in [5, 5.41) is 0. The van der Waals surface area contributed by atoms with E-state index in [9.17, 15) is 0 Å². The van der Waals surface area contributed by atoms with Crippen LogP contribution in [0.2, 0.25) is 0 Å². The first kappa shape index (κ1) is 11.7. The summed E-state index contributed by atoms with van der Waals surface area (Å²) in [6.07, 6.45) is 0. The Morgan fingerprint density at radius 3 is 1.78 bits per heavy atom. The zero-order valence-electron chi connectivity index (χ0n) is 5.02. The quantitative estimate of drug-likeness (QED) is 0.532. The molecule has 0 atom stereocenters. The van der Waals surface area contributed by atoms with Crippen molar-refractivity contribution in [1.82, 2.24) is 9.80 Å². The first-order valence-electron chi connectivity index (χ1n) is 2.74. The van der Waals surface area contributed by atoms with Crippen LogP contribution in [0.15, 0.2) is 0 Å². The van der Waals surface area contributed by atoms with Crippen LogP contribution in [0.3, 0.4) is 0 Å². The van der Waals surface area contributed by atoms with Gasteiger partial charge in [0.1, 0.15) is 0 Å². The molecule has 1 aliphatic heterocycles. The number of rotatable bonds is 1. The first-order chi connectivity index (χ1) is 3.33. The maximum Gasteiger partial charge on any atom is 0.0526 e. The van der Waals surface area contributed by atoms with E-state index >= 15 is 0 Å².